The van der Waals surface area contributed by atoms with E-state index >= 15 is 0 Å². The summed E-state index contributed by atoms with van der Waals surface area (Å²) in [6.07, 6.45) is -1.49. The van der Waals surface area contributed by atoms with Crippen molar-refractivity contribution >= 4 is 5.91 Å². The molecule has 54 valence electrons. The fourth-order valence-electron chi connectivity index (χ4n) is 0.340. The minimum absolute atomic E-state index is 0.669. The topological polar surface area (TPSA) is 29.5 Å². The molecule has 0 saturated heterocycles. The highest BCUT2D eigenvalue weighted by Crippen LogP contribution is 1.94. The molecule has 0 aliphatic rings. The van der Waals surface area contributed by atoms with Gasteiger partial charge in [-0.2, -0.15) is 0 Å². The van der Waals surface area contributed by atoms with E-state index in [2.05, 4.69) is 4.84 Å². The maximum Gasteiger partial charge on any atom is 0.280 e. The summed E-state index contributed by atoms with van der Waals surface area (Å²) in [6, 6.07) is 0. The zero-order valence-electron chi connectivity index (χ0n) is 5.72. The number of hydroxylamine groups is 2. The van der Waals surface area contributed by atoms with Gasteiger partial charge < -0.3 is 0 Å². The molecule has 9 heavy (non-hydrogen) atoms. The number of carbonyl (C=O) groups is 1. The van der Waals surface area contributed by atoms with E-state index in [9.17, 15) is 9.18 Å². The Morgan fingerprint density at radius 1 is 1.78 bits per heavy atom. The van der Waals surface area contributed by atoms with Crippen LogP contribution in [0.1, 0.15) is 6.92 Å². The van der Waals surface area contributed by atoms with Gasteiger partial charge in [0.05, 0.1) is 7.11 Å². The lowest BCUT2D eigenvalue weighted by Crippen LogP contribution is -2.31. The van der Waals surface area contributed by atoms with Crippen molar-refractivity contribution in [3.8, 4) is 0 Å². The Balaban J connectivity index is 3.73. The van der Waals surface area contributed by atoms with Crippen LogP contribution in [0.5, 0.6) is 0 Å². The average molecular weight is 135 g/mol. The highest BCUT2D eigenvalue weighted by atomic mass is 19.1. The molecule has 0 aliphatic heterocycles. The summed E-state index contributed by atoms with van der Waals surface area (Å²) in [5.74, 6) is -0.669. The van der Waals surface area contributed by atoms with Gasteiger partial charge in [0.15, 0.2) is 6.17 Å². The predicted octanol–water partition coefficient (Wildman–Crippen LogP) is 0.364. The zero-order chi connectivity index (χ0) is 7.44. The average Bonchev–Trinajstić information content (AvgIpc) is 1.84. The van der Waals surface area contributed by atoms with Crippen molar-refractivity contribution in [1.82, 2.24) is 5.06 Å². The van der Waals surface area contributed by atoms with E-state index in [0.717, 1.165) is 12.0 Å². The summed E-state index contributed by atoms with van der Waals surface area (Å²) in [4.78, 5) is 14.9. The third kappa shape index (κ3) is 2.41. The fraction of sp³-hybridized carbons (Fsp3) is 0.800. The number of hydrogen-bond acceptors (Lipinski definition) is 2. The standard InChI is InChI=1S/C5H10FNO2/c1-4(6)5(8)7(2)9-3/h4H,1-3H3/t4-/m1/s1. The molecule has 0 aliphatic carbocycles. The minimum Gasteiger partial charge on any atom is -0.274 e. The van der Waals surface area contributed by atoms with Crippen molar-refractivity contribution in [1.29, 1.82) is 0 Å². The van der Waals surface area contributed by atoms with Gasteiger partial charge in [-0.05, 0) is 6.92 Å². The van der Waals surface area contributed by atoms with Crippen molar-refractivity contribution in [2.24, 2.45) is 0 Å². The molecule has 0 rings (SSSR count). The number of carbonyl (C=O) groups excluding carboxylic acids is 1. The minimum atomic E-state index is -1.49. The zero-order valence-corrected chi connectivity index (χ0v) is 5.72. The highest BCUT2D eigenvalue weighted by molar-refractivity contribution is 5.78. The molecule has 0 aromatic carbocycles. The predicted molar refractivity (Wildman–Crippen MR) is 30.3 cm³/mol. The quantitative estimate of drug-likeness (QED) is 0.512. The van der Waals surface area contributed by atoms with E-state index in [1.807, 2.05) is 0 Å². The monoisotopic (exact) mass is 135 g/mol. The van der Waals surface area contributed by atoms with Crippen LogP contribution in [0.25, 0.3) is 0 Å². The molecule has 0 N–H and O–H groups in total. The highest BCUT2D eigenvalue weighted by Gasteiger charge is 2.15. The van der Waals surface area contributed by atoms with Crippen LogP contribution in [0.3, 0.4) is 0 Å². The molecule has 3 nitrogen and oxygen atoms in total. The van der Waals surface area contributed by atoms with E-state index in [1.54, 1.807) is 0 Å². The maximum atomic E-state index is 12.1. The molecule has 0 heterocycles. The van der Waals surface area contributed by atoms with Crippen LogP contribution in [0.15, 0.2) is 0 Å². The van der Waals surface area contributed by atoms with Crippen LogP contribution in [0, 0.1) is 0 Å². The first-order valence-corrected chi connectivity index (χ1v) is 2.55. The molecule has 0 saturated carbocycles. The summed E-state index contributed by atoms with van der Waals surface area (Å²) >= 11 is 0. The molecule has 0 fully saturated rings. The second-order valence-corrected chi connectivity index (χ2v) is 1.63. The number of halogens is 1. The second-order valence-electron chi connectivity index (χ2n) is 1.63. The van der Waals surface area contributed by atoms with Gasteiger partial charge in [-0.25, -0.2) is 9.45 Å². The number of nitrogens with zero attached hydrogens (tertiary/aromatic N) is 1. The lowest BCUT2D eigenvalue weighted by molar-refractivity contribution is -0.173. The molecule has 0 unspecified atom stereocenters. The molecule has 1 atom stereocenters. The first-order valence-electron chi connectivity index (χ1n) is 2.55. The summed E-state index contributed by atoms with van der Waals surface area (Å²) < 4.78 is 12.1. The van der Waals surface area contributed by atoms with Crippen LogP contribution >= 0.6 is 0 Å². The maximum absolute atomic E-state index is 12.1. The second kappa shape index (κ2) is 3.40. The first kappa shape index (κ1) is 8.36. The van der Waals surface area contributed by atoms with Gasteiger partial charge in [-0.1, -0.05) is 0 Å². The van der Waals surface area contributed by atoms with Crippen molar-refractivity contribution in [3.63, 3.8) is 0 Å². The summed E-state index contributed by atoms with van der Waals surface area (Å²) in [7, 11) is 2.67. The summed E-state index contributed by atoms with van der Waals surface area (Å²) in [5.41, 5.74) is 0. The van der Waals surface area contributed by atoms with E-state index in [4.69, 9.17) is 0 Å². The van der Waals surface area contributed by atoms with Crippen LogP contribution < -0.4 is 0 Å². The van der Waals surface area contributed by atoms with Crippen molar-refractivity contribution in [3.05, 3.63) is 0 Å². The normalized spacial score (nSPS) is 12.9. The van der Waals surface area contributed by atoms with Crippen molar-refractivity contribution in [2.75, 3.05) is 14.2 Å². The molecular weight excluding hydrogens is 125 g/mol. The van der Waals surface area contributed by atoms with Crippen LogP contribution in [0.2, 0.25) is 0 Å². The van der Waals surface area contributed by atoms with Crippen LogP contribution in [-0.2, 0) is 9.63 Å². The number of rotatable bonds is 2. The summed E-state index contributed by atoms with van der Waals surface area (Å²) in [5, 5.41) is 0.852. The van der Waals surface area contributed by atoms with Gasteiger partial charge >= 0.3 is 0 Å². The lowest BCUT2D eigenvalue weighted by atomic mass is 10.4. The van der Waals surface area contributed by atoms with Gasteiger partial charge in [-0.3, -0.25) is 9.63 Å². The van der Waals surface area contributed by atoms with E-state index in [0.29, 0.717) is 0 Å². The molecule has 0 radical (unpaired) electrons. The van der Waals surface area contributed by atoms with Gasteiger partial charge in [0, 0.05) is 7.05 Å². The lowest BCUT2D eigenvalue weighted by Gasteiger charge is -2.13. The Kier molecular flexibility index (Phi) is 3.16. The van der Waals surface area contributed by atoms with Crippen molar-refractivity contribution in [2.45, 2.75) is 13.1 Å². The number of alkyl halides is 1. The Bertz CT molecular complexity index is 105. The Morgan fingerprint density at radius 2 is 2.22 bits per heavy atom. The third-order valence-electron chi connectivity index (χ3n) is 0.925. The molecule has 0 aromatic heterocycles. The van der Waals surface area contributed by atoms with Gasteiger partial charge in [-0.15, -0.1) is 0 Å². The molecule has 4 heteroatoms. The number of hydrogen-bond donors (Lipinski definition) is 0. The number of amides is 1. The summed E-state index contributed by atoms with van der Waals surface area (Å²) in [6.45, 7) is 1.16. The molecular formula is C5H10FNO2. The van der Waals surface area contributed by atoms with Gasteiger partial charge in [0.1, 0.15) is 0 Å². The Morgan fingerprint density at radius 3 is 2.33 bits per heavy atom. The molecule has 1 amide bonds. The van der Waals surface area contributed by atoms with Gasteiger partial charge in [0.25, 0.3) is 5.91 Å². The Hall–Kier alpha value is -0.640. The molecule has 0 aromatic rings. The third-order valence-corrected chi connectivity index (χ3v) is 0.925. The SMILES string of the molecule is CON(C)C(=O)[C@@H](C)F. The van der Waals surface area contributed by atoms with Gasteiger partial charge in [0.2, 0.25) is 0 Å². The molecule has 0 bridgehead atoms. The smallest absolute Gasteiger partial charge is 0.274 e. The van der Waals surface area contributed by atoms with Crippen molar-refractivity contribution < 1.29 is 14.0 Å². The molecule has 0 spiro atoms. The fourth-order valence-corrected chi connectivity index (χ4v) is 0.340. The van der Waals surface area contributed by atoms with E-state index < -0.39 is 12.1 Å². The largest absolute Gasteiger partial charge is 0.280 e. The Labute approximate surface area is 53.4 Å². The van der Waals surface area contributed by atoms with Crippen LogP contribution in [0.4, 0.5) is 4.39 Å². The first-order chi connectivity index (χ1) is 4.09. The van der Waals surface area contributed by atoms with E-state index in [1.165, 1.54) is 14.2 Å². The van der Waals surface area contributed by atoms with Crippen LogP contribution in [-0.4, -0.2) is 31.3 Å². The van der Waals surface area contributed by atoms with E-state index in [-0.39, 0.29) is 0 Å².